The number of hydrogen-bond acceptors (Lipinski definition) is 4. The van der Waals surface area contributed by atoms with Crippen molar-refractivity contribution in [2.24, 2.45) is 0 Å². The van der Waals surface area contributed by atoms with Gasteiger partial charge in [-0.25, -0.2) is 4.39 Å². The standard InChI is InChI=1S/C29H29FN2O3.C25H4/c1-17-4-5-19(24(30)10-17)16-35-29-14-21-18(11-28(29)34-3)8-9-32-15-26-23(13-27(21)32)22-12-20(33-2)6-7-25(22)31-26;1-3-5-7-9-11-13-15-17-19-21-23-25-24-22-20-18-16-14-12-10-8-6-4-2/h4-7,10-12,14,27,31H,8-9,13,15-16H2,1-3H3;1H,2H3. The van der Waals surface area contributed by atoms with Crippen LogP contribution >= 0.6 is 0 Å². The van der Waals surface area contributed by atoms with E-state index in [-0.39, 0.29) is 18.5 Å². The highest BCUT2D eigenvalue weighted by Gasteiger charge is 2.35. The Labute approximate surface area is 352 Å². The molecule has 3 aromatic carbocycles. The minimum Gasteiger partial charge on any atom is -0.497 e. The Morgan fingerprint density at radius 1 is 0.717 bits per heavy atom. The Bertz CT molecular complexity index is 3100. The summed E-state index contributed by atoms with van der Waals surface area (Å²) in [5.74, 6) is 58.9. The predicted octanol–water partition coefficient (Wildman–Crippen LogP) is 6.54. The summed E-state index contributed by atoms with van der Waals surface area (Å²) in [4.78, 5) is 6.16. The number of halogens is 1. The number of nitrogens with one attached hydrogen (secondary N) is 1. The number of ether oxygens (including phenoxy) is 3. The van der Waals surface area contributed by atoms with Crippen LogP contribution < -0.4 is 14.2 Å². The third kappa shape index (κ3) is 12.1. The average Bonchev–Trinajstić information content (AvgIpc) is 3.62. The Morgan fingerprint density at radius 3 is 1.87 bits per heavy atom. The Hall–Kier alpha value is -8.79. The van der Waals surface area contributed by atoms with Crippen LogP contribution in [-0.2, 0) is 26.0 Å². The molecule has 0 aliphatic carbocycles. The van der Waals surface area contributed by atoms with Gasteiger partial charge in [-0.15, -0.1) is 6.42 Å². The minimum absolute atomic E-state index is 0.155. The van der Waals surface area contributed by atoms with Crippen LogP contribution in [0, 0.1) is 155 Å². The van der Waals surface area contributed by atoms with Gasteiger partial charge in [0.15, 0.2) is 11.5 Å². The molecule has 0 bridgehead atoms. The van der Waals surface area contributed by atoms with Gasteiger partial charge in [0, 0.05) is 76.8 Å². The molecule has 1 N–H and O–H groups in total. The molecule has 0 radical (unpaired) electrons. The Morgan fingerprint density at radius 2 is 1.32 bits per heavy atom. The van der Waals surface area contributed by atoms with Gasteiger partial charge in [-0.1, -0.05) is 18.1 Å². The summed E-state index contributed by atoms with van der Waals surface area (Å²) in [6.45, 7) is 5.61. The molecule has 2 aliphatic rings. The number of aryl methyl sites for hydroxylation is 1. The maximum absolute atomic E-state index is 14.4. The fraction of sp³-hybridized carbons (Fsp3) is 0.185. The SMILES string of the molecule is C#CC#CC#CC#CC#CC#CC#CC#CC#CC#CC#CC#CC.COc1ccc2[nH]c3c(c2c1)CC1c2cc(OCc4ccc(C)cc4F)c(OC)cc2CCN1C3. The first kappa shape index (κ1) is 42.4. The minimum atomic E-state index is -0.248. The van der Waals surface area contributed by atoms with Gasteiger partial charge >= 0.3 is 0 Å². The van der Waals surface area contributed by atoms with Gasteiger partial charge < -0.3 is 19.2 Å². The first-order valence-corrected chi connectivity index (χ1v) is 18.3. The fourth-order valence-corrected chi connectivity index (χ4v) is 6.25. The zero-order valence-corrected chi connectivity index (χ0v) is 33.4. The molecule has 284 valence electrons. The van der Waals surface area contributed by atoms with E-state index < -0.39 is 0 Å². The van der Waals surface area contributed by atoms with Gasteiger partial charge in [-0.3, -0.25) is 4.90 Å². The van der Waals surface area contributed by atoms with E-state index in [0.29, 0.717) is 17.1 Å². The number of terminal acetylenes is 1. The zero-order chi connectivity index (χ0) is 42.4. The molecular weight excluding hydrogens is 744 g/mol. The quantitative estimate of drug-likeness (QED) is 0.234. The third-order valence-electron chi connectivity index (χ3n) is 8.89. The summed E-state index contributed by atoms with van der Waals surface area (Å²) in [6, 6.07) is 15.9. The van der Waals surface area contributed by atoms with E-state index in [1.807, 2.05) is 19.1 Å². The molecular formula is C54H33FN2O3. The monoisotopic (exact) mass is 776 g/mol. The summed E-state index contributed by atoms with van der Waals surface area (Å²) < 4.78 is 31.7. The van der Waals surface area contributed by atoms with E-state index in [9.17, 15) is 4.39 Å². The molecule has 1 aromatic heterocycles. The van der Waals surface area contributed by atoms with E-state index in [0.717, 1.165) is 42.8 Å². The van der Waals surface area contributed by atoms with Crippen LogP contribution in [0.15, 0.2) is 48.5 Å². The number of H-pyrrole nitrogens is 1. The van der Waals surface area contributed by atoms with Gasteiger partial charge in [0.05, 0.1) is 14.2 Å². The van der Waals surface area contributed by atoms with Gasteiger partial charge in [0.25, 0.3) is 0 Å². The van der Waals surface area contributed by atoms with Crippen LogP contribution in [0.4, 0.5) is 4.39 Å². The molecule has 6 rings (SSSR count). The summed E-state index contributed by atoms with van der Waals surface area (Å²) >= 11 is 0. The number of methoxy groups -OCH3 is 2. The van der Waals surface area contributed by atoms with Crippen molar-refractivity contribution in [1.29, 1.82) is 0 Å². The summed E-state index contributed by atoms with van der Waals surface area (Å²) in [7, 11) is 3.36. The Kier molecular flexibility index (Phi) is 16.0. The molecule has 3 heterocycles. The fourth-order valence-electron chi connectivity index (χ4n) is 6.25. The lowest BCUT2D eigenvalue weighted by molar-refractivity contribution is 0.158. The molecule has 4 aromatic rings. The highest BCUT2D eigenvalue weighted by atomic mass is 19.1. The normalized spacial score (nSPS) is 11.5. The second-order valence-electron chi connectivity index (χ2n) is 12.5. The molecule has 1 atom stereocenters. The lowest BCUT2D eigenvalue weighted by Gasteiger charge is -2.40. The highest BCUT2D eigenvalue weighted by Crippen LogP contribution is 2.44. The lowest BCUT2D eigenvalue weighted by Crippen LogP contribution is -2.39. The maximum atomic E-state index is 14.4. The number of rotatable bonds is 5. The molecule has 0 spiro atoms. The van der Waals surface area contributed by atoms with Crippen LogP contribution in [0.2, 0.25) is 0 Å². The number of nitrogens with zero attached hydrogens (tertiary/aromatic N) is 1. The van der Waals surface area contributed by atoms with Crippen LogP contribution in [0.25, 0.3) is 10.9 Å². The number of hydrogen-bond donors (Lipinski definition) is 1. The molecule has 60 heavy (non-hydrogen) atoms. The van der Waals surface area contributed by atoms with Gasteiger partial charge in [0.2, 0.25) is 0 Å². The van der Waals surface area contributed by atoms with E-state index >= 15 is 0 Å². The van der Waals surface area contributed by atoms with E-state index in [1.54, 1.807) is 27.2 Å². The molecule has 6 heteroatoms. The molecule has 1 unspecified atom stereocenters. The summed E-state index contributed by atoms with van der Waals surface area (Å²) in [6.07, 6.45) is 6.78. The number of fused-ring (bicyclic) bond motifs is 6. The summed E-state index contributed by atoms with van der Waals surface area (Å²) in [5, 5.41) is 1.23. The van der Waals surface area contributed by atoms with E-state index in [2.05, 4.69) is 170 Å². The van der Waals surface area contributed by atoms with Crippen molar-refractivity contribution in [3.8, 4) is 160 Å². The Balaban J connectivity index is 0.000000244. The molecule has 5 nitrogen and oxygen atoms in total. The van der Waals surface area contributed by atoms with Gasteiger partial charge in [-0.05, 0) is 180 Å². The first-order chi connectivity index (χ1) is 29.4. The molecule has 0 amide bonds. The van der Waals surface area contributed by atoms with Crippen molar-refractivity contribution in [1.82, 2.24) is 9.88 Å². The van der Waals surface area contributed by atoms with Crippen molar-refractivity contribution >= 4 is 10.9 Å². The van der Waals surface area contributed by atoms with Crippen molar-refractivity contribution < 1.29 is 18.6 Å². The lowest BCUT2D eigenvalue weighted by atomic mass is 9.85. The van der Waals surface area contributed by atoms with Crippen molar-refractivity contribution in [3.05, 3.63) is 87.9 Å². The molecule has 0 fully saturated rings. The number of benzene rings is 3. The smallest absolute Gasteiger partial charge is 0.162 e. The first-order valence-electron chi connectivity index (χ1n) is 18.3. The van der Waals surface area contributed by atoms with Crippen LogP contribution in [0.1, 0.15) is 46.5 Å². The van der Waals surface area contributed by atoms with Crippen molar-refractivity contribution in [3.63, 3.8) is 0 Å². The zero-order valence-electron chi connectivity index (χ0n) is 33.4. The number of aromatic nitrogens is 1. The molecule has 2 aliphatic heterocycles. The van der Waals surface area contributed by atoms with Crippen LogP contribution in [0.3, 0.4) is 0 Å². The van der Waals surface area contributed by atoms with Crippen LogP contribution in [-0.4, -0.2) is 30.6 Å². The number of aromatic amines is 1. The molecule has 0 saturated heterocycles. The largest absolute Gasteiger partial charge is 0.497 e. The van der Waals surface area contributed by atoms with Crippen LogP contribution in [0.5, 0.6) is 17.2 Å². The van der Waals surface area contributed by atoms with E-state index in [4.69, 9.17) is 20.6 Å². The average molecular weight is 777 g/mol. The topological polar surface area (TPSA) is 46.7 Å². The maximum Gasteiger partial charge on any atom is 0.162 e. The summed E-state index contributed by atoms with van der Waals surface area (Å²) in [5.41, 5.74) is 7.77. The van der Waals surface area contributed by atoms with Gasteiger partial charge in [0.1, 0.15) is 18.2 Å². The van der Waals surface area contributed by atoms with Crippen molar-refractivity contribution in [2.45, 2.75) is 45.9 Å². The second kappa shape index (κ2) is 22.7. The molecule has 0 saturated carbocycles. The third-order valence-corrected chi connectivity index (χ3v) is 8.89. The highest BCUT2D eigenvalue weighted by molar-refractivity contribution is 5.86. The second-order valence-corrected chi connectivity index (χ2v) is 12.5. The van der Waals surface area contributed by atoms with Crippen molar-refractivity contribution in [2.75, 3.05) is 20.8 Å². The predicted molar refractivity (Wildman–Crippen MR) is 234 cm³/mol. The van der Waals surface area contributed by atoms with Gasteiger partial charge in [-0.2, -0.15) is 0 Å². The van der Waals surface area contributed by atoms with E-state index in [1.165, 1.54) is 33.8 Å².